The second kappa shape index (κ2) is 6.84. The lowest BCUT2D eigenvalue weighted by molar-refractivity contribution is -0.115. The normalized spacial score (nSPS) is 13.4. The molecule has 0 unspecified atom stereocenters. The Morgan fingerprint density at radius 1 is 1.17 bits per heavy atom. The van der Waals surface area contributed by atoms with Gasteiger partial charge in [0.05, 0.1) is 12.0 Å². The van der Waals surface area contributed by atoms with Crippen LogP contribution in [0.2, 0.25) is 0 Å². The number of halogens is 1. The first kappa shape index (κ1) is 16.2. The molecule has 1 aliphatic carbocycles. The monoisotopic (exact) mass is 392 g/mol. The topological polar surface area (TPSA) is 72.2 Å². The SMILES string of the molecule is NC(=O)c1c(NC(=O)Cc2ccc(Br)cc2)sc2c1CCCC2. The van der Waals surface area contributed by atoms with Gasteiger partial charge in [-0.25, -0.2) is 0 Å². The van der Waals surface area contributed by atoms with Crippen LogP contribution >= 0.6 is 27.3 Å². The predicted octanol–water partition coefficient (Wildman–Crippen LogP) is 3.67. The number of primary amides is 1. The Morgan fingerprint density at radius 3 is 2.57 bits per heavy atom. The summed E-state index contributed by atoms with van der Waals surface area (Å²) in [5.41, 5.74) is 8.01. The largest absolute Gasteiger partial charge is 0.365 e. The number of anilines is 1. The Hall–Kier alpha value is -1.66. The van der Waals surface area contributed by atoms with Crippen molar-refractivity contribution >= 4 is 44.1 Å². The summed E-state index contributed by atoms with van der Waals surface area (Å²) in [6.07, 6.45) is 4.29. The van der Waals surface area contributed by atoms with Crippen LogP contribution in [0, 0.1) is 0 Å². The number of hydrogen-bond donors (Lipinski definition) is 2. The number of hydrogen-bond acceptors (Lipinski definition) is 3. The highest BCUT2D eigenvalue weighted by molar-refractivity contribution is 9.10. The van der Waals surface area contributed by atoms with Gasteiger partial charge < -0.3 is 11.1 Å². The average molecular weight is 393 g/mol. The zero-order chi connectivity index (χ0) is 16.4. The maximum absolute atomic E-state index is 12.3. The third-order valence-electron chi connectivity index (χ3n) is 3.95. The number of rotatable bonds is 4. The Morgan fingerprint density at radius 2 is 1.87 bits per heavy atom. The van der Waals surface area contributed by atoms with E-state index >= 15 is 0 Å². The van der Waals surface area contributed by atoms with Crippen LogP contribution in [0.4, 0.5) is 5.00 Å². The van der Waals surface area contributed by atoms with E-state index in [9.17, 15) is 9.59 Å². The van der Waals surface area contributed by atoms with Gasteiger partial charge in [-0.2, -0.15) is 0 Å². The van der Waals surface area contributed by atoms with Crippen LogP contribution in [-0.2, 0) is 24.1 Å². The number of aryl methyl sites for hydroxylation is 1. The van der Waals surface area contributed by atoms with E-state index in [1.165, 1.54) is 16.2 Å². The summed E-state index contributed by atoms with van der Waals surface area (Å²) in [4.78, 5) is 25.3. The highest BCUT2D eigenvalue weighted by Gasteiger charge is 2.24. The molecule has 4 nitrogen and oxygen atoms in total. The van der Waals surface area contributed by atoms with Crippen molar-refractivity contribution in [2.24, 2.45) is 5.73 Å². The van der Waals surface area contributed by atoms with Crippen molar-refractivity contribution < 1.29 is 9.59 Å². The first-order valence-corrected chi connectivity index (χ1v) is 9.14. The van der Waals surface area contributed by atoms with Crippen LogP contribution in [0.15, 0.2) is 28.7 Å². The number of thiophene rings is 1. The summed E-state index contributed by atoms with van der Waals surface area (Å²) in [6.45, 7) is 0. The number of carbonyl (C=O) groups is 2. The minimum absolute atomic E-state index is 0.131. The van der Waals surface area contributed by atoms with Gasteiger partial charge >= 0.3 is 0 Å². The summed E-state index contributed by atoms with van der Waals surface area (Å²) < 4.78 is 0.976. The van der Waals surface area contributed by atoms with E-state index in [1.807, 2.05) is 24.3 Å². The fourth-order valence-corrected chi connectivity index (χ4v) is 4.45. The van der Waals surface area contributed by atoms with E-state index in [2.05, 4.69) is 21.2 Å². The lowest BCUT2D eigenvalue weighted by Gasteiger charge is -2.11. The molecule has 23 heavy (non-hydrogen) atoms. The van der Waals surface area contributed by atoms with Crippen LogP contribution in [0.3, 0.4) is 0 Å². The molecule has 1 heterocycles. The molecule has 3 N–H and O–H groups in total. The van der Waals surface area contributed by atoms with Crippen LogP contribution in [0.25, 0.3) is 0 Å². The van der Waals surface area contributed by atoms with Crippen molar-refractivity contribution in [1.82, 2.24) is 0 Å². The second-order valence-corrected chi connectivity index (χ2v) is 7.65. The molecule has 3 rings (SSSR count). The highest BCUT2D eigenvalue weighted by Crippen LogP contribution is 2.37. The van der Waals surface area contributed by atoms with Crippen molar-refractivity contribution in [3.05, 3.63) is 50.3 Å². The zero-order valence-electron chi connectivity index (χ0n) is 12.5. The molecule has 6 heteroatoms. The molecule has 1 aromatic heterocycles. The van der Waals surface area contributed by atoms with Crippen molar-refractivity contribution in [2.75, 3.05) is 5.32 Å². The molecule has 1 aliphatic rings. The molecule has 120 valence electrons. The van der Waals surface area contributed by atoms with Crippen molar-refractivity contribution in [3.63, 3.8) is 0 Å². The van der Waals surface area contributed by atoms with Crippen LogP contribution in [0.1, 0.15) is 39.2 Å². The van der Waals surface area contributed by atoms with Gasteiger partial charge in [0.25, 0.3) is 5.91 Å². The molecular formula is C17H17BrN2O2S. The summed E-state index contributed by atoms with van der Waals surface area (Å²) in [6, 6.07) is 7.61. The summed E-state index contributed by atoms with van der Waals surface area (Å²) in [7, 11) is 0. The summed E-state index contributed by atoms with van der Waals surface area (Å²) in [5.74, 6) is -0.586. The third kappa shape index (κ3) is 3.64. The smallest absolute Gasteiger partial charge is 0.251 e. The van der Waals surface area contributed by atoms with E-state index in [1.54, 1.807) is 0 Å². The molecule has 0 fully saturated rings. The molecule has 0 saturated heterocycles. The molecule has 2 aromatic rings. The predicted molar refractivity (Wildman–Crippen MR) is 96.0 cm³/mol. The van der Waals surface area contributed by atoms with E-state index in [0.29, 0.717) is 10.6 Å². The van der Waals surface area contributed by atoms with Crippen LogP contribution in [0.5, 0.6) is 0 Å². The van der Waals surface area contributed by atoms with Gasteiger partial charge in [-0.15, -0.1) is 11.3 Å². The number of fused-ring (bicyclic) bond motifs is 1. The molecule has 2 amide bonds. The number of nitrogens with one attached hydrogen (secondary N) is 1. The first-order chi connectivity index (χ1) is 11.0. The molecule has 0 saturated carbocycles. The minimum atomic E-state index is -0.455. The maximum atomic E-state index is 12.3. The van der Waals surface area contributed by atoms with Gasteiger partial charge in [-0.05, 0) is 48.9 Å². The van der Waals surface area contributed by atoms with Gasteiger partial charge in [0, 0.05) is 9.35 Å². The van der Waals surface area contributed by atoms with Gasteiger partial charge in [0.1, 0.15) is 5.00 Å². The maximum Gasteiger partial charge on any atom is 0.251 e. The number of amides is 2. The molecular weight excluding hydrogens is 376 g/mol. The van der Waals surface area contributed by atoms with Crippen molar-refractivity contribution in [1.29, 1.82) is 0 Å². The summed E-state index contributed by atoms with van der Waals surface area (Å²) >= 11 is 4.86. The van der Waals surface area contributed by atoms with Crippen LogP contribution < -0.4 is 11.1 Å². The minimum Gasteiger partial charge on any atom is -0.365 e. The Balaban J connectivity index is 1.79. The van der Waals surface area contributed by atoms with Crippen LogP contribution in [-0.4, -0.2) is 11.8 Å². The fourth-order valence-electron chi connectivity index (χ4n) is 2.87. The number of nitrogens with two attached hydrogens (primary N) is 1. The molecule has 0 aliphatic heterocycles. The van der Waals surface area contributed by atoms with Crippen molar-refractivity contribution in [3.8, 4) is 0 Å². The average Bonchev–Trinajstić information content (AvgIpc) is 2.87. The Bertz CT molecular complexity index is 753. The third-order valence-corrected chi connectivity index (χ3v) is 5.68. The molecule has 1 aromatic carbocycles. The first-order valence-electron chi connectivity index (χ1n) is 7.53. The molecule has 0 bridgehead atoms. The molecule has 0 spiro atoms. The van der Waals surface area contributed by atoms with Crippen molar-refractivity contribution in [2.45, 2.75) is 32.1 Å². The van der Waals surface area contributed by atoms with Gasteiger partial charge in [0.15, 0.2) is 0 Å². The lowest BCUT2D eigenvalue weighted by atomic mass is 9.95. The van der Waals surface area contributed by atoms with Gasteiger partial charge in [-0.1, -0.05) is 28.1 Å². The molecule has 0 radical (unpaired) electrons. The zero-order valence-corrected chi connectivity index (χ0v) is 14.9. The highest BCUT2D eigenvalue weighted by atomic mass is 79.9. The van der Waals surface area contributed by atoms with Gasteiger partial charge in [-0.3, -0.25) is 9.59 Å². The lowest BCUT2D eigenvalue weighted by Crippen LogP contribution is -2.19. The number of carbonyl (C=O) groups excluding carboxylic acids is 2. The quantitative estimate of drug-likeness (QED) is 0.832. The van der Waals surface area contributed by atoms with E-state index < -0.39 is 5.91 Å². The van der Waals surface area contributed by atoms with E-state index in [4.69, 9.17) is 5.73 Å². The Labute approximate surface area is 147 Å². The summed E-state index contributed by atoms with van der Waals surface area (Å²) in [5, 5.41) is 3.48. The fraction of sp³-hybridized carbons (Fsp3) is 0.294. The molecule has 0 atom stereocenters. The Kier molecular flexibility index (Phi) is 4.82. The van der Waals surface area contributed by atoms with Gasteiger partial charge in [0.2, 0.25) is 5.91 Å². The second-order valence-electron chi connectivity index (χ2n) is 5.63. The standard InChI is InChI=1S/C17H17BrN2O2S/c18-11-7-5-10(6-8-11)9-14(21)20-17-15(16(19)22)12-3-1-2-4-13(12)23-17/h5-8H,1-4,9H2,(H2,19,22)(H,20,21). The van der Waals surface area contributed by atoms with E-state index in [0.717, 1.165) is 41.3 Å². The number of benzene rings is 1. The van der Waals surface area contributed by atoms with E-state index in [-0.39, 0.29) is 12.3 Å².